The van der Waals surface area contributed by atoms with Gasteiger partial charge in [-0.2, -0.15) is 0 Å². The molecule has 0 aliphatic rings. The van der Waals surface area contributed by atoms with Crippen LogP contribution in [0.15, 0.2) is 53.7 Å². The SMILES string of the molecule is COc1ccc(-c2nc(SCC(=O)NCCc3cccc(Cl)c3)n[nH]2)cc1. The van der Waals surface area contributed by atoms with Gasteiger partial charge in [-0.3, -0.25) is 9.89 Å². The minimum absolute atomic E-state index is 0.0576. The van der Waals surface area contributed by atoms with Crippen molar-refractivity contribution in [2.75, 3.05) is 19.4 Å². The number of ether oxygens (including phenoxy) is 1. The number of rotatable bonds is 8. The predicted molar refractivity (Wildman–Crippen MR) is 107 cm³/mol. The van der Waals surface area contributed by atoms with Crippen molar-refractivity contribution in [3.05, 3.63) is 59.1 Å². The molecule has 0 atom stereocenters. The molecule has 1 heterocycles. The maximum Gasteiger partial charge on any atom is 0.230 e. The Labute approximate surface area is 166 Å². The molecule has 0 radical (unpaired) electrons. The highest BCUT2D eigenvalue weighted by atomic mass is 35.5. The van der Waals surface area contributed by atoms with Gasteiger partial charge in [-0.25, -0.2) is 4.98 Å². The minimum atomic E-state index is -0.0576. The summed E-state index contributed by atoms with van der Waals surface area (Å²) < 4.78 is 5.14. The molecule has 8 heteroatoms. The Morgan fingerprint density at radius 3 is 2.81 bits per heavy atom. The Morgan fingerprint density at radius 2 is 2.07 bits per heavy atom. The average molecular weight is 403 g/mol. The average Bonchev–Trinajstić information content (AvgIpc) is 3.16. The smallest absolute Gasteiger partial charge is 0.230 e. The van der Waals surface area contributed by atoms with Gasteiger partial charge < -0.3 is 10.1 Å². The molecule has 0 spiro atoms. The van der Waals surface area contributed by atoms with Gasteiger partial charge in [-0.1, -0.05) is 35.5 Å². The number of H-pyrrole nitrogens is 1. The number of carbonyl (C=O) groups excluding carboxylic acids is 1. The Morgan fingerprint density at radius 1 is 1.26 bits per heavy atom. The molecule has 3 aromatic rings. The van der Waals surface area contributed by atoms with Crippen LogP contribution in [-0.4, -0.2) is 40.5 Å². The minimum Gasteiger partial charge on any atom is -0.497 e. The summed E-state index contributed by atoms with van der Waals surface area (Å²) in [5.41, 5.74) is 2.00. The van der Waals surface area contributed by atoms with Crippen LogP contribution in [0.2, 0.25) is 5.02 Å². The fraction of sp³-hybridized carbons (Fsp3) is 0.211. The maximum atomic E-state index is 12.0. The van der Waals surface area contributed by atoms with Gasteiger partial charge in [-0.05, 0) is 48.4 Å². The lowest BCUT2D eigenvalue weighted by Crippen LogP contribution is -2.27. The molecule has 0 fully saturated rings. The quantitative estimate of drug-likeness (QED) is 0.563. The number of aromatic nitrogens is 3. The lowest BCUT2D eigenvalue weighted by molar-refractivity contribution is -0.118. The molecular weight excluding hydrogens is 384 g/mol. The van der Waals surface area contributed by atoms with Crippen molar-refractivity contribution in [1.82, 2.24) is 20.5 Å². The second-order valence-corrected chi connectivity index (χ2v) is 7.09. The van der Waals surface area contributed by atoms with E-state index in [1.54, 1.807) is 7.11 Å². The third-order valence-corrected chi connectivity index (χ3v) is 4.87. The van der Waals surface area contributed by atoms with Crippen LogP contribution in [0.1, 0.15) is 5.56 Å². The van der Waals surface area contributed by atoms with Gasteiger partial charge in [0, 0.05) is 17.1 Å². The van der Waals surface area contributed by atoms with Crippen molar-refractivity contribution in [2.45, 2.75) is 11.6 Å². The van der Waals surface area contributed by atoms with Gasteiger partial charge in [0.15, 0.2) is 5.82 Å². The molecule has 1 amide bonds. The van der Waals surface area contributed by atoms with E-state index in [0.29, 0.717) is 22.5 Å². The van der Waals surface area contributed by atoms with Gasteiger partial charge in [0.2, 0.25) is 11.1 Å². The van der Waals surface area contributed by atoms with Crippen LogP contribution >= 0.6 is 23.4 Å². The van der Waals surface area contributed by atoms with Gasteiger partial charge in [0.05, 0.1) is 12.9 Å². The summed E-state index contributed by atoms with van der Waals surface area (Å²) in [5.74, 6) is 1.64. The third kappa shape index (κ3) is 5.74. The van der Waals surface area contributed by atoms with Gasteiger partial charge in [0.1, 0.15) is 5.75 Å². The highest BCUT2D eigenvalue weighted by molar-refractivity contribution is 7.99. The molecule has 0 saturated heterocycles. The van der Waals surface area contributed by atoms with Crippen LogP contribution < -0.4 is 10.1 Å². The van der Waals surface area contributed by atoms with E-state index in [4.69, 9.17) is 16.3 Å². The number of methoxy groups -OCH3 is 1. The van der Waals surface area contributed by atoms with E-state index in [-0.39, 0.29) is 11.7 Å². The van der Waals surface area contributed by atoms with Gasteiger partial charge >= 0.3 is 0 Å². The molecule has 0 bridgehead atoms. The zero-order chi connectivity index (χ0) is 19.1. The van der Waals surface area contributed by atoms with Gasteiger partial charge in [-0.15, -0.1) is 5.10 Å². The van der Waals surface area contributed by atoms with Crippen LogP contribution in [0.25, 0.3) is 11.4 Å². The molecule has 6 nitrogen and oxygen atoms in total. The summed E-state index contributed by atoms with van der Waals surface area (Å²) in [7, 11) is 1.62. The highest BCUT2D eigenvalue weighted by Crippen LogP contribution is 2.21. The van der Waals surface area contributed by atoms with Crippen molar-refractivity contribution >= 4 is 29.3 Å². The van der Waals surface area contributed by atoms with Crippen LogP contribution in [0.3, 0.4) is 0 Å². The number of hydrogen-bond donors (Lipinski definition) is 2. The Balaban J connectivity index is 1.44. The van der Waals surface area contributed by atoms with E-state index in [0.717, 1.165) is 23.3 Å². The standard InChI is InChI=1S/C19H19ClN4O2S/c1-26-16-7-5-14(6-8-16)18-22-19(24-23-18)27-12-17(25)21-10-9-13-3-2-4-15(20)11-13/h2-8,11H,9-10,12H2,1H3,(H,21,25)(H,22,23,24). The summed E-state index contributed by atoms with van der Waals surface area (Å²) in [6, 6.07) is 15.1. The van der Waals surface area contributed by atoms with E-state index < -0.39 is 0 Å². The molecular formula is C19H19ClN4O2S. The van der Waals surface area contributed by atoms with E-state index in [9.17, 15) is 4.79 Å². The second kappa shape index (κ2) is 9.43. The zero-order valence-electron chi connectivity index (χ0n) is 14.7. The summed E-state index contributed by atoms with van der Waals surface area (Å²) >= 11 is 7.24. The molecule has 3 rings (SSSR count). The van der Waals surface area contributed by atoms with Crippen LogP contribution in [0.4, 0.5) is 0 Å². The number of benzene rings is 2. The Hall–Kier alpha value is -2.51. The fourth-order valence-electron chi connectivity index (χ4n) is 2.41. The maximum absolute atomic E-state index is 12.0. The number of carbonyl (C=O) groups is 1. The number of hydrogen-bond acceptors (Lipinski definition) is 5. The molecule has 0 aliphatic heterocycles. The number of nitrogens with zero attached hydrogens (tertiary/aromatic N) is 2. The topological polar surface area (TPSA) is 79.9 Å². The van der Waals surface area contributed by atoms with E-state index in [2.05, 4.69) is 20.5 Å². The second-order valence-electron chi connectivity index (χ2n) is 5.71. The first kappa shape index (κ1) is 19.3. The Kier molecular flexibility index (Phi) is 6.73. The molecule has 2 N–H and O–H groups in total. The summed E-state index contributed by atoms with van der Waals surface area (Å²) in [6.07, 6.45) is 0.735. The third-order valence-electron chi connectivity index (χ3n) is 3.79. The number of aromatic amines is 1. The lowest BCUT2D eigenvalue weighted by atomic mass is 10.1. The number of nitrogens with one attached hydrogen (secondary N) is 2. The van der Waals surface area contributed by atoms with Crippen molar-refractivity contribution in [2.24, 2.45) is 0 Å². The predicted octanol–water partition coefficient (Wildman–Crippen LogP) is 3.58. The summed E-state index contributed by atoms with van der Waals surface area (Å²) in [5, 5.41) is 11.2. The van der Waals surface area contributed by atoms with Crippen molar-refractivity contribution in [1.29, 1.82) is 0 Å². The molecule has 0 saturated carbocycles. The molecule has 0 aliphatic carbocycles. The van der Waals surface area contributed by atoms with E-state index >= 15 is 0 Å². The number of thioether (sulfide) groups is 1. The van der Waals surface area contributed by atoms with Crippen molar-refractivity contribution < 1.29 is 9.53 Å². The lowest BCUT2D eigenvalue weighted by Gasteiger charge is -2.04. The monoisotopic (exact) mass is 402 g/mol. The fourth-order valence-corrected chi connectivity index (χ4v) is 3.25. The largest absolute Gasteiger partial charge is 0.497 e. The first-order valence-corrected chi connectivity index (χ1v) is 9.71. The first-order valence-electron chi connectivity index (χ1n) is 8.35. The molecule has 2 aromatic carbocycles. The van der Waals surface area contributed by atoms with Crippen LogP contribution in [0, 0.1) is 0 Å². The summed E-state index contributed by atoms with van der Waals surface area (Å²) in [6.45, 7) is 0.560. The normalized spacial score (nSPS) is 10.6. The first-order chi connectivity index (χ1) is 13.1. The summed E-state index contributed by atoms with van der Waals surface area (Å²) in [4.78, 5) is 16.4. The van der Waals surface area contributed by atoms with Crippen molar-refractivity contribution in [3.8, 4) is 17.1 Å². The highest BCUT2D eigenvalue weighted by Gasteiger charge is 2.09. The molecule has 1 aromatic heterocycles. The number of halogens is 1. The van der Waals surface area contributed by atoms with E-state index in [1.165, 1.54) is 11.8 Å². The van der Waals surface area contributed by atoms with Gasteiger partial charge in [0.25, 0.3) is 0 Å². The van der Waals surface area contributed by atoms with Crippen LogP contribution in [0.5, 0.6) is 5.75 Å². The van der Waals surface area contributed by atoms with Crippen molar-refractivity contribution in [3.63, 3.8) is 0 Å². The van der Waals surface area contributed by atoms with E-state index in [1.807, 2.05) is 48.5 Å². The Bertz CT molecular complexity index is 899. The molecule has 0 unspecified atom stereocenters. The molecule has 27 heavy (non-hydrogen) atoms. The molecule has 140 valence electrons. The number of amides is 1. The zero-order valence-corrected chi connectivity index (χ0v) is 16.3. The van der Waals surface area contributed by atoms with Crippen LogP contribution in [-0.2, 0) is 11.2 Å².